The van der Waals surface area contributed by atoms with Gasteiger partial charge in [-0.05, 0) is 59.5 Å². The quantitative estimate of drug-likeness (QED) is 0.145. The Hall–Kier alpha value is -4.89. The molecule has 0 aliphatic rings. The Morgan fingerprint density at radius 2 is 1.39 bits per heavy atom. The van der Waals surface area contributed by atoms with Crippen LogP contribution in [0.2, 0.25) is 10.0 Å². The summed E-state index contributed by atoms with van der Waals surface area (Å²) < 4.78 is 52.9. The Morgan fingerprint density at radius 1 is 0.857 bits per heavy atom. The first-order valence-electron chi connectivity index (χ1n) is 14.2. The Kier molecular flexibility index (Phi) is 15.8. The molecule has 17 heteroatoms. The monoisotopic (exact) mass is 730 g/mol. The minimum absolute atomic E-state index is 0.00176. The smallest absolute Gasteiger partial charge is 0.490 e. The number of nitrogens with zero attached hydrogens (tertiary/aromatic N) is 1. The predicted octanol–water partition coefficient (Wildman–Crippen LogP) is 4.60. The zero-order valence-electron chi connectivity index (χ0n) is 26.8. The molecule has 0 saturated carbocycles. The molecule has 0 saturated heterocycles. The second-order valence-corrected chi connectivity index (χ2v) is 10.8. The number of halogens is 5. The van der Waals surface area contributed by atoms with Crippen LogP contribution in [0, 0.1) is 0 Å². The number of nitrogens with one attached hydrogen (secondary N) is 2. The van der Waals surface area contributed by atoms with E-state index < -0.39 is 30.0 Å². The molecular formula is C32H35Cl2F3N4O8. The lowest BCUT2D eigenvalue weighted by molar-refractivity contribution is -0.192. The fraction of sp³-hybridized carbons (Fsp3) is 0.312. The van der Waals surface area contributed by atoms with Crippen molar-refractivity contribution < 1.29 is 51.6 Å². The lowest BCUT2D eigenvalue weighted by Gasteiger charge is -2.16. The van der Waals surface area contributed by atoms with E-state index in [1.807, 2.05) is 12.1 Å². The molecule has 0 bridgehead atoms. The highest BCUT2D eigenvalue weighted by atomic mass is 35.5. The molecule has 12 nitrogen and oxygen atoms in total. The van der Waals surface area contributed by atoms with Crippen molar-refractivity contribution in [2.24, 2.45) is 10.7 Å². The normalized spacial score (nSPS) is 11.7. The molecule has 5 N–H and O–H groups in total. The number of aliphatic imine (C=N–C) groups is 1. The highest BCUT2D eigenvalue weighted by molar-refractivity contribution is 6.35. The zero-order valence-corrected chi connectivity index (χ0v) is 28.3. The summed E-state index contributed by atoms with van der Waals surface area (Å²) in [4.78, 5) is 39.2. The van der Waals surface area contributed by atoms with Crippen LogP contribution < -0.4 is 35.3 Å². The van der Waals surface area contributed by atoms with E-state index >= 15 is 0 Å². The Morgan fingerprint density at radius 3 is 1.90 bits per heavy atom. The molecule has 1 atom stereocenters. The second-order valence-electron chi connectivity index (χ2n) is 9.92. The average Bonchev–Trinajstić information content (AvgIpc) is 3.05. The first-order valence-corrected chi connectivity index (χ1v) is 14.9. The van der Waals surface area contributed by atoms with Crippen LogP contribution >= 0.6 is 23.2 Å². The number of carbonyl (C=O) groups excluding carboxylic acids is 2. The summed E-state index contributed by atoms with van der Waals surface area (Å²) in [6, 6.07) is 14.7. The van der Waals surface area contributed by atoms with Gasteiger partial charge in [-0.1, -0.05) is 41.4 Å². The van der Waals surface area contributed by atoms with Gasteiger partial charge >= 0.3 is 12.1 Å². The Balaban J connectivity index is 0.00000107. The molecule has 3 aromatic carbocycles. The fourth-order valence-electron chi connectivity index (χ4n) is 4.14. The maximum Gasteiger partial charge on any atom is 0.490 e. The molecule has 3 aromatic rings. The summed E-state index contributed by atoms with van der Waals surface area (Å²) in [5.74, 6) is -1.52. The summed E-state index contributed by atoms with van der Waals surface area (Å²) in [5, 5.41) is 13.4. The van der Waals surface area contributed by atoms with Gasteiger partial charge < -0.3 is 35.1 Å². The van der Waals surface area contributed by atoms with Crippen molar-refractivity contribution in [1.82, 2.24) is 10.6 Å². The molecule has 0 aromatic heterocycles. The molecule has 266 valence electrons. The van der Waals surface area contributed by atoms with Crippen molar-refractivity contribution >= 4 is 46.9 Å². The number of carbonyl (C=O) groups is 3. The topological polar surface area (TPSA) is 171 Å². The largest absolute Gasteiger partial charge is 0.493 e. The van der Waals surface area contributed by atoms with Crippen molar-refractivity contribution in [1.29, 1.82) is 0 Å². The third kappa shape index (κ3) is 13.3. The molecule has 2 amide bonds. The van der Waals surface area contributed by atoms with E-state index in [0.29, 0.717) is 57.1 Å². The van der Waals surface area contributed by atoms with Crippen LogP contribution in [0.15, 0.2) is 59.6 Å². The van der Waals surface area contributed by atoms with Crippen molar-refractivity contribution in [3.63, 3.8) is 0 Å². The number of carboxylic acid groups (broad SMARTS) is 1. The van der Waals surface area contributed by atoms with Gasteiger partial charge in [-0.3, -0.25) is 14.9 Å². The number of carboxylic acids is 1. The molecule has 3 rings (SSSR count). The molecule has 0 heterocycles. The van der Waals surface area contributed by atoms with Gasteiger partial charge in [0, 0.05) is 23.0 Å². The van der Waals surface area contributed by atoms with Gasteiger partial charge in [0.25, 0.3) is 0 Å². The zero-order chi connectivity index (χ0) is 36.7. The summed E-state index contributed by atoms with van der Waals surface area (Å²) >= 11 is 12.4. The number of methoxy groups -OCH3 is 4. The number of hydrogen-bond acceptors (Lipinski definition) is 8. The lowest BCUT2D eigenvalue weighted by atomic mass is 10.1. The standard InChI is InChI=1S/C30H34Cl2N4O6.C2HF3O2/c1-39-24-9-5-18(13-26(24)41-3)11-12-34-29(38)23(16-20-7-8-21(31)17-22(20)32)35-30(33)36-28(37)15-19-6-10-25(40-2)27(14-19)42-4;3-2(4,5)1(6)7/h5-10,13-14,17,23H,11-12,15-16H2,1-4H3,(H,34,38)(H3,33,35,36,37);(H,6,7). The predicted molar refractivity (Wildman–Crippen MR) is 177 cm³/mol. The summed E-state index contributed by atoms with van der Waals surface area (Å²) in [6.07, 6.45) is -4.42. The van der Waals surface area contributed by atoms with Crippen LogP contribution in [-0.2, 0) is 33.6 Å². The average molecular weight is 732 g/mol. The molecule has 0 fully saturated rings. The van der Waals surface area contributed by atoms with E-state index in [1.54, 1.807) is 56.7 Å². The Bertz CT molecular complexity index is 1640. The molecule has 0 radical (unpaired) electrons. The number of benzene rings is 3. The fourth-order valence-corrected chi connectivity index (χ4v) is 4.63. The number of ether oxygens (including phenoxy) is 4. The molecule has 0 spiro atoms. The number of amides is 2. The van der Waals surface area contributed by atoms with Crippen LogP contribution in [0.5, 0.6) is 23.0 Å². The van der Waals surface area contributed by atoms with Crippen molar-refractivity contribution in [2.45, 2.75) is 31.5 Å². The van der Waals surface area contributed by atoms with Gasteiger partial charge in [0.1, 0.15) is 6.04 Å². The van der Waals surface area contributed by atoms with Crippen LogP contribution in [0.25, 0.3) is 0 Å². The summed E-state index contributed by atoms with van der Waals surface area (Å²) in [5.41, 5.74) is 8.34. The first-order chi connectivity index (χ1) is 23.1. The van der Waals surface area contributed by atoms with Crippen LogP contribution in [-0.4, -0.2) is 76.1 Å². The van der Waals surface area contributed by atoms with E-state index in [-0.39, 0.29) is 18.8 Å². The van der Waals surface area contributed by atoms with Crippen LogP contribution in [0.3, 0.4) is 0 Å². The van der Waals surface area contributed by atoms with E-state index in [4.69, 9.17) is 57.8 Å². The van der Waals surface area contributed by atoms with E-state index in [1.165, 1.54) is 14.2 Å². The number of hydrogen-bond donors (Lipinski definition) is 4. The third-order valence-electron chi connectivity index (χ3n) is 6.51. The van der Waals surface area contributed by atoms with E-state index in [2.05, 4.69) is 15.6 Å². The van der Waals surface area contributed by atoms with E-state index in [9.17, 15) is 22.8 Å². The molecular weight excluding hydrogens is 696 g/mol. The third-order valence-corrected chi connectivity index (χ3v) is 7.10. The van der Waals surface area contributed by atoms with Gasteiger partial charge in [-0.2, -0.15) is 13.2 Å². The van der Waals surface area contributed by atoms with Gasteiger partial charge in [0.05, 0.1) is 34.9 Å². The number of alkyl halides is 3. The number of nitrogens with two attached hydrogens (primary N) is 1. The number of guanidine groups is 1. The van der Waals surface area contributed by atoms with Gasteiger partial charge in [0.15, 0.2) is 29.0 Å². The molecule has 0 aliphatic heterocycles. The maximum atomic E-state index is 13.3. The Labute approximate surface area is 290 Å². The second kappa shape index (κ2) is 19.2. The highest BCUT2D eigenvalue weighted by Crippen LogP contribution is 2.29. The first kappa shape index (κ1) is 40.3. The van der Waals surface area contributed by atoms with Gasteiger partial charge in [-0.15, -0.1) is 0 Å². The lowest BCUT2D eigenvalue weighted by Crippen LogP contribution is -2.42. The van der Waals surface area contributed by atoms with Crippen molar-refractivity contribution in [2.75, 3.05) is 35.0 Å². The minimum Gasteiger partial charge on any atom is -0.493 e. The van der Waals surface area contributed by atoms with Gasteiger partial charge in [0.2, 0.25) is 11.8 Å². The van der Waals surface area contributed by atoms with Crippen molar-refractivity contribution in [3.05, 3.63) is 81.3 Å². The van der Waals surface area contributed by atoms with Crippen LogP contribution in [0.1, 0.15) is 16.7 Å². The summed E-state index contributed by atoms with van der Waals surface area (Å²) in [7, 11) is 6.17. The highest BCUT2D eigenvalue weighted by Gasteiger charge is 2.38. The number of aliphatic carboxylic acids is 1. The molecule has 1 unspecified atom stereocenters. The SMILES string of the molecule is COc1ccc(CCNC(=O)C(Cc2ccc(Cl)cc2Cl)N=C(N)NC(=O)Cc2ccc(OC)c(OC)c2)cc1OC.O=C(O)C(F)(F)F. The summed E-state index contributed by atoms with van der Waals surface area (Å²) in [6.45, 7) is 0.320. The van der Waals surface area contributed by atoms with Crippen molar-refractivity contribution in [3.8, 4) is 23.0 Å². The van der Waals surface area contributed by atoms with Gasteiger partial charge in [-0.25, -0.2) is 9.79 Å². The number of rotatable bonds is 13. The molecule has 49 heavy (non-hydrogen) atoms. The molecule has 0 aliphatic carbocycles. The van der Waals surface area contributed by atoms with E-state index in [0.717, 1.165) is 5.56 Å². The maximum absolute atomic E-state index is 13.3. The minimum atomic E-state index is -5.08. The van der Waals surface area contributed by atoms with Crippen LogP contribution in [0.4, 0.5) is 13.2 Å².